The molecule has 0 bridgehead atoms. The zero-order valence-corrected chi connectivity index (χ0v) is 10.9. The first-order valence-corrected chi connectivity index (χ1v) is 6.59. The van der Waals surface area contributed by atoms with Crippen LogP contribution in [-0.4, -0.2) is 5.78 Å². The highest BCUT2D eigenvalue weighted by atomic mass is 16.1. The number of allylic oxidation sites excluding steroid dienone is 4. The maximum absolute atomic E-state index is 12.0. The minimum Gasteiger partial charge on any atom is -0.289 e. The SMILES string of the molecule is CCCCCC=C1CCC(=CC(C)C)C1=O. The van der Waals surface area contributed by atoms with Gasteiger partial charge in [0.25, 0.3) is 0 Å². The smallest absolute Gasteiger partial charge is 0.184 e. The summed E-state index contributed by atoms with van der Waals surface area (Å²) in [5, 5.41) is 0. The van der Waals surface area contributed by atoms with Crippen LogP contribution in [0.25, 0.3) is 0 Å². The van der Waals surface area contributed by atoms with Crippen LogP contribution < -0.4 is 0 Å². The van der Waals surface area contributed by atoms with Gasteiger partial charge in [0.2, 0.25) is 0 Å². The average molecular weight is 220 g/mol. The third kappa shape index (κ3) is 3.96. The molecule has 0 aromatic carbocycles. The summed E-state index contributed by atoms with van der Waals surface area (Å²) >= 11 is 0. The average Bonchev–Trinajstić information content (AvgIpc) is 2.56. The lowest BCUT2D eigenvalue weighted by Gasteiger charge is -1.98. The number of carbonyl (C=O) groups excluding carboxylic acids is 1. The highest BCUT2D eigenvalue weighted by Crippen LogP contribution is 2.27. The van der Waals surface area contributed by atoms with Crippen LogP contribution in [0.1, 0.15) is 59.3 Å². The summed E-state index contributed by atoms with van der Waals surface area (Å²) in [5.41, 5.74) is 2.10. The number of unbranched alkanes of at least 4 members (excludes halogenated alkanes) is 3. The summed E-state index contributed by atoms with van der Waals surface area (Å²) in [6.07, 6.45) is 11.0. The largest absolute Gasteiger partial charge is 0.289 e. The van der Waals surface area contributed by atoms with Gasteiger partial charge in [-0.25, -0.2) is 0 Å². The zero-order valence-electron chi connectivity index (χ0n) is 10.9. The molecule has 1 rings (SSSR count). The van der Waals surface area contributed by atoms with Gasteiger partial charge in [-0.2, -0.15) is 0 Å². The molecule has 1 heteroatoms. The summed E-state index contributed by atoms with van der Waals surface area (Å²) in [6, 6.07) is 0. The molecule has 0 amide bonds. The fraction of sp³-hybridized carbons (Fsp3) is 0.667. The first kappa shape index (κ1) is 13.2. The number of hydrogen-bond acceptors (Lipinski definition) is 1. The van der Waals surface area contributed by atoms with Crippen molar-refractivity contribution in [3.05, 3.63) is 23.3 Å². The molecular formula is C15H24O. The topological polar surface area (TPSA) is 17.1 Å². The minimum absolute atomic E-state index is 0.310. The fourth-order valence-corrected chi connectivity index (χ4v) is 2.13. The van der Waals surface area contributed by atoms with Gasteiger partial charge < -0.3 is 0 Å². The Hall–Kier alpha value is -0.850. The second kappa shape index (κ2) is 6.67. The third-order valence-electron chi connectivity index (χ3n) is 2.98. The first-order chi connectivity index (χ1) is 7.65. The van der Waals surface area contributed by atoms with Crippen LogP contribution >= 0.6 is 0 Å². The van der Waals surface area contributed by atoms with Crippen LogP contribution in [-0.2, 0) is 4.79 Å². The maximum atomic E-state index is 12.0. The summed E-state index contributed by atoms with van der Waals surface area (Å²) < 4.78 is 0. The van der Waals surface area contributed by atoms with E-state index in [4.69, 9.17) is 0 Å². The van der Waals surface area contributed by atoms with E-state index in [9.17, 15) is 4.79 Å². The summed E-state index contributed by atoms with van der Waals surface area (Å²) in [4.78, 5) is 12.0. The Bertz CT molecular complexity index is 295. The van der Waals surface area contributed by atoms with Crippen LogP contribution in [0.3, 0.4) is 0 Å². The van der Waals surface area contributed by atoms with Crippen molar-refractivity contribution in [2.45, 2.75) is 59.3 Å². The first-order valence-electron chi connectivity index (χ1n) is 6.59. The van der Waals surface area contributed by atoms with E-state index >= 15 is 0 Å². The molecule has 90 valence electrons. The van der Waals surface area contributed by atoms with Crippen LogP contribution in [0.4, 0.5) is 0 Å². The Kier molecular flexibility index (Phi) is 5.51. The predicted octanol–water partition coefficient (Wildman–Crippen LogP) is 4.44. The van der Waals surface area contributed by atoms with Crippen molar-refractivity contribution in [2.24, 2.45) is 5.92 Å². The van der Waals surface area contributed by atoms with Crippen molar-refractivity contribution in [1.82, 2.24) is 0 Å². The molecule has 0 unspecified atom stereocenters. The molecule has 0 atom stereocenters. The summed E-state index contributed by atoms with van der Waals surface area (Å²) in [7, 11) is 0. The highest BCUT2D eigenvalue weighted by Gasteiger charge is 2.22. The normalized spacial score (nSPS) is 21.6. The standard InChI is InChI=1S/C15H24O/c1-4-5-6-7-8-13-9-10-14(15(13)16)11-12(2)3/h8,11-12H,4-7,9-10H2,1-3H3. The van der Waals surface area contributed by atoms with E-state index in [1.807, 2.05) is 0 Å². The van der Waals surface area contributed by atoms with Crippen molar-refractivity contribution in [3.63, 3.8) is 0 Å². The van der Waals surface area contributed by atoms with Crippen LogP contribution in [0.15, 0.2) is 23.3 Å². The Morgan fingerprint density at radius 3 is 2.50 bits per heavy atom. The van der Waals surface area contributed by atoms with E-state index in [1.54, 1.807) is 0 Å². The lowest BCUT2D eigenvalue weighted by Crippen LogP contribution is -1.97. The molecule has 0 spiro atoms. The Morgan fingerprint density at radius 1 is 1.19 bits per heavy atom. The fourth-order valence-electron chi connectivity index (χ4n) is 2.13. The molecule has 0 aromatic heterocycles. The van der Waals surface area contributed by atoms with Crippen molar-refractivity contribution < 1.29 is 4.79 Å². The molecule has 1 saturated carbocycles. The molecule has 0 aliphatic heterocycles. The lowest BCUT2D eigenvalue weighted by molar-refractivity contribution is -0.111. The second-order valence-corrected chi connectivity index (χ2v) is 4.99. The van der Waals surface area contributed by atoms with Crippen LogP contribution in [0.5, 0.6) is 0 Å². The minimum atomic E-state index is 0.310. The van der Waals surface area contributed by atoms with Gasteiger partial charge in [-0.05, 0) is 42.7 Å². The van der Waals surface area contributed by atoms with E-state index in [0.29, 0.717) is 11.7 Å². The van der Waals surface area contributed by atoms with Gasteiger partial charge in [0.15, 0.2) is 5.78 Å². The van der Waals surface area contributed by atoms with Gasteiger partial charge in [-0.15, -0.1) is 0 Å². The molecule has 1 aliphatic rings. The molecule has 0 radical (unpaired) electrons. The van der Waals surface area contributed by atoms with Gasteiger partial charge in [0.05, 0.1) is 0 Å². The van der Waals surface area contributed by atoms with E-state index in [-0.39, 0.29) is 0 Å². The number of Topliss-reactive ketones (excluding diaryl/α,β-unsaturated/α-hetero) is 1. The number of hydrogen-bond donors (Lipinski definition) is 0. The maximum Gasteiger partial charge on any atom is 0.184 e. The van der Waals surface area contributed by atoms with Crippen molar-refractivity contribution >= 4 is 5.78 Å². The molecule has 0 aromatic rings. The molecule has 1 fully saturated rings. The quantitative estimate of drug-likeness (QED) is 0.494. The molecule has 0 heterocycles. The molecule has 1 aliphatic carbocycles. The number of carbonyl (C=O) groups is 1. The van der Waals surface area contributed by atoms with E-state index < -0.39 is 0 Å². The summed E-state index contributed by atoms with van der Waals surface area (Å²) in [5.74, 6) is 0.795. The van der Waals surface area contributed by atoms with Crippen molar-refractivity contribution in [1.29, 1.82) is 0 Å². The van der Waals surface area contributed by atoms with Crippen LogP contribution in [0, 0.1) is 5.92 Å². The zero-order chi connectivity index (χ0) is 12.0. The number of rotatable bonds is 5. The van der Waals surface area contributed by atoms with Gasteiger partial charge in [0, 0.05) is 0 Å². The van der Waals surface area contributed by atoms with E-state index in [1.165, 1.54) is 19.3 Å². The Labute approximate surface area is 99.6 Å². The monoisotopic (exact) mass is 220 g/mol. The second-order valence-electron chi connectivity index (χ2n) is 4.99. The highest BCUT2D eigenvalue weighted by molar-refractivity contribution is 6.10. The van der Waals surface area contributed by atoms with Gasteiger partial charge in [-0.1, -0.05) is 45.8 Å². The lowest BCUT2D eigenvalue weighted by atomic mass is 10.1. The van der Waals surface area contributed by atoms with Gasteiger partial charge in [-0.3, -0.25) is 4.79 Å². The molecule has 1 nitrogen and oxygen atoms in total. The predicted molar refractivity (Wildman–Crippen MR) is 69.4 cm³/mol. The van der Waals surface area contributed by atoms with Gasteiger partial charge >= 0.3 is 0 Å². The van der Waals surface area contributed by atoms with E-state index in [0.717, 1.165) is 30.4 Å². The number of ketones is 1. The van der Waals surface area contributed by atoms with E-state index in [2.05, 4.69) is 32.9 Å². The Morgan fingerprint density at radius 2 is 1.88 bits per heavy atom. The summed E-state index contributed by atoms with van der Waals surface area (Å²) in [6.45, 7) is 6.46. The molecule has 0 saturated heterocycles. The third-order valence-corrected chi connectivity index (χ3v) is 2.98. The molecule has 0 N–H and O–H groups in total. The van der Waals surface area contributed by atoms with Crippen molar-refractivity contribution in [2.75, 3.05) is 0 Å². The van der Waals surface area contributed by atoms with Gasteiger partial charge in [0.1, 0.15) is 0 Å². The molecular weight excluding hydrogens is 196 g/mol. The van der Waals surface area contributed by atoms with Crippen molar-refractivity contribution in [3.8, 4) is 0 Å². The van der Waals surface area contributed by atoms with Crippen LogP contribution in [0.2, 0.25) is 0 Å². The Balaban J connectivity index is 2.50. The molecule has 16 heavy (non-hydrogen) atoms.